The highest BCUT2D eigenvalue weighted by molar-refractivity contribution is 6.32. The molecule has 0 aliphatic carbocycles. The van der Waals surface area contributed by atoms with E-state index in [0.29, 0.717) is 77.6 Å². The first kappa shape index (κ1) is 36.9. The van der Waals surface area contributed by atoms with Crippen molar-refractivity contribution in [3.05, 3.63) is 58.4 Å². The zero-order valence-corrected chi connectivity index (χ0v) is 32.5. The van der Waals surface area contributed by atoms with Crippen LogP contribution in [0.2, 0.25) is 10.3 Å². The number of ether oxygens (including phenoxy) is 4. The highest BCUT2D eigenvalue weighted by Crippen LogP contribution is 2.44. The van der Waals surface area contributed by atoms with E-state index in [9.17, 15) is 9.59 Å². The van der Waals surface area contributed by atoms with Gasteiger partial charge < -0.3 is 28.9 Å². The largest absolute Gasteiger partial charge is 0.493 e. The summed E-state index contributed by atoms with van der Waals surface area (Å²) in [5.41, 5.74) is 3.21. The van der Waals surface area contributed by atoms with Crippen LogP contribution in [0.1, 0.15) is 97.4 Å². The number of aromatic nitrogens is 4. The number of hydrogen-bond acceptors (Lipinski definition) is 8. The first-order valence-electron chi connectivity index (χ1n) is 18.2. The van der Waals surface area contributed by atoms with E-state index in [1.165, 1.54) is 0 Å². The van der Waals surface area contributed by atoms with Crippen molar-refractivity contribution >= 4 is 35.4 Å². The van der Waals surface area contributed by atoms with Crippen molar-refractivity contribution in [2.24, 2.45) is 0 Å². The third-order valence-electron chi connectivity index (χ3n) is 9.35. The molecule has 2 amide bonds. The molecule has 4 aromatic rings. The Kier molecular flexibility index (Phi) is 10.1. The lowest BCUT2D eigenvalue weighted by molar-refractivity contribution is 0.0208. The predicted octanol–water partition coefficient (Wildman–Crippen LogP) is 9.75. The number of likely N-dealkylation sites (tertiary alicyclic amines) is 2. The number of aromatic amines is 2. The summed E-state index contributed by atoms with van der Waals surface area (Å²) in [5.74, 6) is 2.58. The molecule has 0 spiro atoms. The van der Waals surface area contributed by atoms with Crippen molar-refractivity contribution in [2.75, 3.05) is 26.3 Å². The van der Waals surface area contributed by atoms with E-state index in [1.807, 2.05) is 77.9 Å². The van der Waals surface area contributed by atoms with Gasteiger partial charge in [-0.05, 0) is 91.5 Å². The van der Waals surface area contributed by atoms with Gasteiger partial charge in [0.2, 0.25) is 0 Å². The minimum Gasteiger partial charge on any atom is -0.493 e. The molecule has 282 valence electrons. The third kappa shape index (κ3) is 7.94. The van der Waals surface area contributed by atoms with Crippen LogP contribution in [0.4, 0.5) is 9.59 Å². The molecule has 3 aliphatic rings. The Hall–Kier alpha value is -4.42. The lowest BCUT2D eigenvalue weighted by Gasteiger charge is -2.27. The number of benzene rings is 2. The number of halogens is 2. The molecule has 5 heterocycles. The molecule has 2 atom stereocenters. The molecule has 0 unspecified atom stereocenters. The van der Waals surface area contributed by atoms with Gasteiger partial charge in [-0.25, -0.2) is 19.6 Å². The fourth-order valence-electron chi connectivity index (χ4n) is 7.06. The standard InChI is InChI=1S/C39H46Cl2N6O6/c1-38(2,3)52-36(48)46-16-7-10-26(46)34-42-30(32(40)44-34)22-12-14-24-25-15-13-23(21-29(25)51-19-9-18-50-28(24)20-22)31-33(41)45-35(43-31)27-11-8-17-47(27)37(49)53-39(4,5)6/h12-15,20-21,26-27H,7-11,16-19H2,1-6H3,(H,42,44)(H,43,45)/t26-,27-/m0/s1. The average Bonchev–Trinajstić information content (AvgIpc) is 3.89. The van der Waals surface area contributed by atoms with Gasteiger partial charge >= 0.3 is 12.2 Å². The van der Waals surface area contributed by atoms with Gasteiger partial charge in [0, 0.05) is 41.8 Å². The highest BCUT2D eigenvalue weighted by atomic mass is 35.5. The first-order valence-corrected chi connectivity index (χ1v) is 19.0. The van der Waals surface area contributed by atoms with Crippen molar-refractivity contribution in [3.63, 3.8) is 0 Å². The summed E-state index contributed by atoms with van der Waals surface area (Å²) >= 11 is 13.5. The second-order valence-corrected chi connectivity index (χ2v) is 16.5. The van der Waals surface area contributed by atoms with Gasteiger partial charge in [0.1, 0.15) is 56.0 Å². The van der Waals surface area contributed by atoms with E-state index in [1.54, 1.807) is 9.80 Å². The van der Waals surface area contributed by atoms with Gasteiger partial charge in [-0.2, -0.15) is 0 Å². The minimum atomic E-state index is -0.599. The van der Waals surface area contributed by atoms with Gasteiger partial charge in [0.05, 0.1) is 25.3 Å². The third-order valence-corrected chi connectivity index (χ3v) is 9.90. The molecule has 2 aromatic heterocycles. The molecule has 2 saturated heterocycles. The number of carbonyl (C=O) groups is 2. The van der Waals surface area contributed by atoms with E-state index < -0.39 is 11.2 Å². The number of H-pyrrole nitrogens is 2. The molecule has 3 aliphatic heterocycles. The summed E-state index contributed by atoms with van der Waals surface area (Å²) < 4.78 is 23.9. The SMILES string of the molecule is CC(C)(C)OC(=O)N1CCC[C@H]1c1nc(-c2ccc3c(c2)OCCCOc2cc(-c4nc([C@@H]5CCCN5C(=O)OC(C)(C)C)[nH]c4Cl)ccc2-3)c(Cl)[nH]1. The normalized spacial score (nSPS) is 19.0. The molecule has 0 saturated carbocycles. The van der Waals surface area contributed by atoms with Crippen LogP contribution in [-0.2, 0) is 9.47 Å². The average molecular weight is 766 g/mol. The molecule has 14 heteroatoms. The number of carbonyl (C=O) groups excluding carboxylic acids is 2. The van der Waals surface area contributed by atoms with Crippen LogP contribution in [0.5, 0.6) is 11.5 Å². The zero-order chi connectivity index (χ0) is 37.7. The molecule has 0 bridgehead atoms. The van der Waals surface area contributed by atoms with Crippen molar-refractivity contribution in [1.82, 2.24) is 29.7 Å². The van der Waals surface area contributed by atoms with Crippen LogP contribution in [0.25, 0.3) is 33.6 Å². The van der Waals surface area contributed by atoms with E-state index in [2.05, 4.69) is 9.97 Å². The fraction of sp³-hybridized carbons (Fsp3) is 0.487. The Bertz CT molecular complexity index is 1870. The van der Waals surface area contributed by atoms with Gasteiger partial charge in [-0.15, -0.1) is 0 Å². The number of rotatable bonds is 4. The summed E-state index contributed by atoms with van der Waals surface area (Å²) in [6, 6.07) is 11.2. The quantitative estimate of drug-likeness (QED) is 0.210. The number of amides is 2. The molecule has 12 nitrogen and oxygen atoms in total. The maximum atomic E-state index is 13.0. The second-order valence-electron chi connectivity index (χ2n) is 15.7. The van der Waals surface area contributed by atoms with Crippen molar-refractivity contribution in [2.45, 2.75) is 96.9 Å². The van der Waals surface area contributed by atoms with Crippen LogP contribution in [0.15, 0.2) is 36.4 Å². The molecule has 2 aromatic carbocycles. The number of fused-ring (bicyclic) bond motifs is 3. The Labute approximate surface area is 319 Å². The van der Waals surface area contributed by atoms with Crippen LogP contribution < -0.4 is 9.47 Å². The van der Waals surface area contributed by atoms with Crippen LogP contribution >= 0.6 is 23.2 Å². The van der Waals surface area contributed by atoms with Gasteiger partial charge in [0.15, 0.2) is 0 Å². The van der Waals surface area contributed by atoms with Gasteiger partial charge in [-0.3, -0.25) is 9.80 Å². The molecular weight excluding hydrogens is 719 g/mol. The minimum absolute atomic E-state index is 0.264. The number of imidazole rings is 2. The molecule has 53 heavy (non-hydrogen) atoms. The van der Waals surface area contributed by atoms with E-state index in [4.69, 9.17) is 52.1 Å². The van der Waals surface area contributed by atoms with Crippen molar-refractivity contribution in [3.8, 4) is 45.1 Å². The maximum Gasteiger partial charge on any atom is 0.410 e. The monoisotopic (exact) mass is 764 g/mol. The summed E-state index contributed by atoms with van der Waals surface area (Å²) in [5, 5.41) is 0.768. The van der Waals surface area contributed by atoms with Crippen molar-refractivity contribution in [1.29, 1.82) is 0 Å². The second kappa shape index (κ2) is 14.4. The number of hydrogen-bond donors (Lipinski definition) is 2. The Morgan fingerprint density at radius 1 is 0.698 bits per heavy atom. The Morgan fingerprint density at radius 2 is 1.11 bits per heavy atom. The summed E-state index contributed by atoms with van der Waals surface area (Å²) in [7, 11) is 0. The Morgan fingerprint density at radius 3 is 1.51 bits per heavy atom. The summed E-state index contributed by atoms with van der Waals surface area (Å²) in [4.78, 5) is 45.6. The Balaban J connectivity index is 1.16. The topological polar surface area (TPSA) is 135 Å². The fourth-order valence-corrected chi connectivity index (χ4v) is 7.56. The van der Waals surface area contributed by atoms with E-state index >= 15 is 0 Å². The molecule has 7 rings (SSSR count). The van der Waals surface area contributed by atoms with Gasteiger partial charge in [0.25, 0.3) is 0 Å². The molecule has 2 fully saturated rings. The smallest absolute Gasteiger partial charge is 0.410 e. The lowest BCUT2D eigenvalue weighted by Crippen LogP contribution is -2.36. The summed E-state index contributed by atoms with van der Waals surface area (Å²) in [6.45, 7) is 13.2. The van der Waals surface area contributed by atoms with Crippen LogP contribution in [-0.4, -0.2) is 79.4 Å². The maximum absolute atomic E-state index is 13.0. The summed E-state index contributed by atoms with van der Waals surface area (Å²) in [6.07, 6.45) is 3.13. The number of nitrogens with zero attached hydrogens (tertiary/aromatic N) is 4. The first-order chi connectivity index (χ1) is 25.1. The van der Waals surface area contributed by atoms with E-state index in [-0.39, 0.29) is 24.3 Å². The molecule has 2 N–H and O–H groups in total. The lowest BCUT2D eigenvalue weighted by atomic mass is 9.98. The van der Waals surface area contributed by atoms with Crippen LogP contribution in [0, 0.1) is 0 Å². The number of nitrogens with one attached hydrogen (secondary N) is 2. The van der Waals surface area contributed by atoms with Crippen LogP contribution in [0.3, 0.4) is 0 Å². The zero-order valence-electron chi connectivity index (χ0n) is 31.0. The molecular formula is C39H46Cl2N6O6. The molecule has 0 radical (unpaired) electrons. The predicted molar refractivity (Wildman–Crippen MR) is 202 cm³/mol. The van der Waals surface area contributed by atoms with E-state index in [0.717, 1.165) is 47.9 Å². The van der Waals surface area contributed by atoms with Gasteiger partial charge in [-0.1, -0.05) is 35.3 Å². The highest BCUT2D eigenvalue weighted by Gasteiger charge is 2.37. The van der Waals surface area contributed by atoms with Crippen molar-refractivity contribution < 1.29 is 28.5 Å².